The fraction of sp³-hybridized carbons (Fsp3) is 0.176. The van der Waals surface area contributed by atoms with E-state index in [4.69, 9.17) is 14.2 Å². The number of anilines is 1. The van der Waals surface area contributed by atoms with Gasteiger partial charge in [0.05, 0.1) is 14.2 Å². The molecule has 0 heterocycles. The van der Waals surface area contributed by atoms with E-state index in [2.05, 4.69) is 5.32 Å². The number of benzene rings is 2. The fourth-order valence-electron chi connectivity index (χ4n) is 2.02. The minimum Gasteiger partial charge on any atom is -0.493 e. The minimum atomic E-state index is -0.736. The van der Waals surface area contributed by atoms with Crippen LogP contribution in [0.25, 0.3) is 0 Å². The van der Waals surface area contributed by atoms with Gasteiger partial charge in [-0.1, -0.05) is 12.1 Å². The lowest BCUT2D eigenvalue weighted by atomic mass is 10.2. The van der Waals surface area contributed by atoms with Gasteiger partial charge in [0.2, 0.25) is 0 Å². The molecule has 0 radical (unpaired) electrons. The maximum Gasteiger partial charge on any atom is 0.342 e. The molecule has 0 atom stereocenters. The van der Waals surface area contributed by atoms with Crippen LogP contribution < -0.4 is 14.8 Å². The SMILES string of the molecule is COc1cccc(C(=O)OCC(=O)Nc2cccc(F)c2)c1OC. The summed E-state index contributed by atoms with van der Waals surface area (Å²) in [7, 11) is 2.84. The van der Waals surface area contributed by atoms with Gasteiger partial charge in [0.25, 0.3) is 5.91 Å². The minimum absolute atomic E-state index is 0.135. The summed E-state index contributed by atoms with van der Waals surface area (Å²) >= 11 is 0. The van der Waals surface area contributed by atoms with Gasteiger partial charge in [-0.2, -0.15) is 0 Å². The number of nitrogens with one attached hydrogen (secondary N) is 1. The largest absolute Gasteiger partial charge is 0.493 e. The summed E-state index contributed by atoms with van der Waals surface area (Å²) in [5.74, 6) is -1.21. The molecule has 1 N–H and O–H groups in total. The van der Waals surface area contributed by atoms with E-state index >= 15 is 0 Å². The fourth-order valence-corrected chi connectivity index (χ4v) is 2.02. The van der Waals surface area contributed by atoms with Crippen molar-refractivity contribution < 1.29 is 28.2 Å². The third-order valence-electron chi connectivity index (χ3n) is 3.07. The molecule has 126 valence electrons. The Kier molecular flexibility index (Phi) is 5.73. The number of halogens is 1. The van der Waals surface area contributed by atoms with Crippen molar-refractivity contribution in [2.24, 2.45) is 0 Å². The molecule has 0 bridgehead atoms. The first kappa shape index (κ1) is 17.3. The number of esters is 1. The van der Waals surface area contributed by atoms with Crippen LogP contribution in [0.1, 0.15) is 10.4 Å². The van der Waals surface area contributed by atoms with Gasteiger partial charge < -0.3 is 19.5 Å². The summed E-state index contributed by atoms with van der Waals surface area (Å²) in [6.07, 6.45) is 0. The Labute approximate surface area is 138 Å². The number of hydrogen-bond donors (Lipinski definition) is 1. The van der Waals surface area contributed by atoms with Crippen LogP contribution in [0.5, 0.6) is 11.5 Å². The quantitative estimate of drug-likeness (QED) is 0.823. The highest BCUT2D eigenvalue weighted by atomic mass is 19.1. The molecule has 0 aliphatic carbocycles. The number of hydrogen-bond acceptors (Lipinski definition) is 5. The van der Waals surface area contributed by atoms with Crippen LogP contribution in [-0.4, -0.2) is 32.7 Å². The highest BCUT2D eigenvalue weighted by Crippen LogP contribution is 2.31. The number of methoxy groups -OCH3 is 2. The summed E-state index contributed by atoms with van der Waals surface area (Å²) in [5, 5.41) is 2.43. The molecular formula is C17H16FNO5. The van der Waals surface area contributed by atoms with Gasteiger partial charge in [-0.3, -0.25) is 4.79 Å². The number of para-hydroxylation sites is 1. The van der Waals surface area contributed by atoms with E-state index in [0.717, 1.165) is 6.07 Å². The van der Waals surface area contributed by atoms with Crippen LogP contribution >= 0.6 is 0 Å². The summed E-state index contributed by atoms with van der Waals surface area (Å²) < 4.78 is 28.2. The van der Waals surface area contributed by atoms with Gasteiger partial charge in [-0.25, -0.2) is 9.18 Å². The van der Waals surface area contributed by atoms with E-state index in [9.17, 15) is 14.0 Å². The molecule has 0 saturated carbocycles. The molecule has 24 heavy (non-hydrogen) atoms. The molecule has 0 spiro atoms. The second kappa shape index (κ2) is 7.96. The van der Waals surface area contributed by atoms with Crippen LogP contribution in [0, 0.1) is 5.82 Å². The molecule has 7 heteroatoms. The summed E-state index contributed by atoms with van der Waals surface area (Å²) in [4.78, 5) is 23.9. The van der Waals surface area contributed by atoms with Crippen LogP contribution in [0.15, 0.2) is 42.5 Å². The molecule has 0 aromatic heterocycles. The zero-order valence-corrected chi connectivity index (χ0v) is 13.2. The lowest BCUT2D eigenvalue weighted by Crippen LogP contribution is -2.21. The highest BCUT2D eigenvalue weighted by molar-refractivity contribution is 5.97. The van der Waals surface area contributed by atoms with Crippen LogP contribution in [-0.2, 0) is 9.53 Å². The lowest BCUT2D eigenvalue weighted by molar-refractivity contribution is -0.119. The molecule has 0 unspecified atom stereocenters. The number of amides is 1. The van der Waals surface area contributed by atoms with E-state index in [1.807, 2.05) is 0 Å². The van der Waals surface area contributed by atoms with Crippen molar-refractivity contribution in [2.45, 2.75) is 0 Å². The van der Waals surface area contributed by atoms with E-state index in [0.29, 0.717) is 5.75 Å². The number of ether oxygens (including phenoxy) is 3. The molecule has 0 saturated heterocycles. The molecule has 2 rings (SSSR count). The smallest absolute Gasteiger partial charge is 0.342 e. The molecular weight excluding hydrogens is 317 g/mol. The monoisotopic (exact) mass is 333 g/mol. The summed E-state index contributed by atoms with van der Waals surface area (Å²) in [6.45, 7) is -0.518. The van der Waals surface area contributed by atoms with Crippen LogP contribution in [0.4, 0.5) is 10.1 Å². The van der Waals surface area contributed by atoms with Crippen LogP contribution in [0.2, 0.25) is 0 Å². The predicted molar refractivity (Wildman–Crippen MR) is 84.9 cm³/mol. The Hall–Kier alpha value is -3.09. The Morgan fingerprint density at radius 2 is 1.83 bits per heavy atom. The van der Waals surface area contributed by atoms with Gasteiger partial charge >= 0.3 is 5.97 Å². The first-order chi connectivity index (χ1) is 11.5. The van der Waals surface area contributed by atoms with Crippen molar-refractivity contribution in [3.8, 4) is 11.5 Å². The normalized spacial score (nSPS) is 9.96. The van der Waals surface area contributed by atoms with E-state index in [1.165, 1.54) is 38.5 Å². The average molecular weight is 333 g/mol. The third-order valence-corrected chi connectivity index (χ3v) is 3.07. The maximum absolute atomic E-state index is 13.0. The average Bonchev–Trinajstić information content (AvgIpc) is 2.58. The van der Waals surface area contributed by atoms with Gasteiger partial charge in [0.1, 0.15) is 11.4 Å². The number of carbonyl (C=O) groups excluding carboxylic acids is 2. The van der Waals surface area contributed by atoms with Gasteiger partial charge in [0.15, 0.2) is 18.1 Å². The Morgan fingerprint density at radius 3 is 2.50 bits per heavy atom. The first-order valence-electron chi connectivity index (χ1n) is 6.98. The second-order valence-electron chi connectivity index (χ2n) is 4.68. The molecule has 0 aliphatic heterocycles. The van der Waals surface area contributed by atoms with Crippen molar-refractivity contribution in [3.05, 3.63) is 53.8 Å². The molecule has 0 fully saturated rings. The predicted octanol–water partition coefficient (Wildman–Crippen LogP) is 2.64. The summed E-state index contributed by atoms with van der Waals surface area (Å²) in [5.41, 5.74) is 0.408. The lowest BCUT2D eigenvalue weighted by Gasteiger charge is -2.12. The highest BCUT2D eigenvalue weighted by Gasteiger charge is 2.18. The molecule has 2 aromatic carbocycles. The standard InChI is InChI=1S/C17H16FNO5/c1-22-14-8-4-7-13(16(14)23-2)17(21)24-10-15(20)19-12-6-3-5-11(18)9-12/h3-9H,10H2,1-2H3,(H,19,20). The topological polar surface area (TPSA) is 73.9 Å². The zero-order chi connectivity index (χ0) is 17.5. The Morgan fingerprint density at radius 1 is 1.08 bits per heavy atom. The zero-order valence-electron chi connectivity index (χ0n) is 13.2. The van der Waals surface area contributed by atoms with Crippen LogP contribution in [0.3, 0.4) is 0 Å². The molecule has 2 aromatic rings. The Bertz CT molecular complexity index is 748. The van der Waals surface area contributed by atoms with Crippen molar-refractivity contribution in [2.75, 3.05) is 26.1 Å². The van der Waals surface area contributed by atoms with Crippen molar-refractivity contribution in [1.82, 2.24) is 0 Å². The van der Waals surface area contributed by atoms with Crippen molar-refractivity contribution in [1.29, 1.82) is 0 Å². The Balaban J connectivity index is 1.99. The van der Waals surface area contributed by atoms with Gasteiger partial charge in [-0.05, 0) is 30.3 Å². The van der Waals surface area contributed by atoms with E-state index in [-0.39, 0.29) is 17.0 Å². The number of rotatable bonds is 6. The van der Waals surface area contributed by atoms with Crippen molar-refractivity contribution in [3.63, 3.8) is 0 Å². The van der Waals surface area contributed by atoms with E-state index in [1.54, 1.807) is 12.1 Å². The number of carbonyl (C=O) groups is 2. The van der Waals surface area contributed by atoms with Gasteiger partial charge in [-0.15, -0.1) is 0 Å². The second-order valence-corrected chi connectivity index (χ2v) is 4.68. The molecule has 1 amide bonds. The maximum atomic E-state index is 13.0. The molecule has 6 nitrogen and oxygen atoms in total. The van der Waals surface area contributed by atoms with E-state index < -0.39 is 24.3 Å². The first-order valence-corrected chi connectivity index (χ1v) is 6.98. The van der Waals surface area contributed by atoms with Crippen molar-refractivity contribution >= 4 is 17.6 Å². The third kappa shape index (κ3) is 4.22. The molecule has 0 aliphatic rings. The van der Waals surface area contributed by atoms with Gasteiger partial charge in [0, 0.05) is 5.69 Å². The summed E-state index contributed by atoms with van der Waals surface area (Å²) in [6, 6.07) is 10.1.